The molecule has 0 unspecified atom stereocenters. The molecule has 0 spiro atoms. The second-order valence-corrected chi connectivity index (χ2v) is 5.60. The van der Waals surface area contributed by atoms with E-state index in [0.29, 0.717) is 10.8 Å². The maximum Gasteiger partial charge on any atom is 0.369 e. The van der Waals surface area contributed by atoms with Gasteiger partial charge in [0.25, 0.3) is 0 Å². The van der Waals surface area contributed by atoms with Crippen molar-refractivity contribution in [1.82, 2.24) is 19.8 Å². The van der Waals surface area contributed by atoms with E-state index in [2.05, 4.69) is 10.4 Å². The smallest absolute Gasteiger partial charge is 0.369 e. The Labute approximate surface area is 129 Å². The predicted molar refractivity (Wildman–Crippen MR) is 80.6 cm³/mol. The van der Waals surface area contributed by atoms with E-state index in [0.717, 1.165) is 10.6 Å². The quantitative estimate of drug-likeness (QED) is 0.739. The lowest BCUT2D eigenvalue weighted by molar-refractivity contribution is 0.406. The number of ether oxygens (including phenoxy) is 1. The monoisotopic (exact) mass is 322 g/mol. The fraction of sp³-hybridized carbons (Fsp3) is 0.154. The molecule has 2 heterocycles. The van der Waals surface area contributed by atoms with E-state index < -0.39 is 0 Å². The third-order valence-electron chi connectivity index (χ3n) is 2.92. The number of aromatic nitrogens is 4. The van der Waals surface area contributed by atoms with Gasteiger partial charge in [-0.25, -0.2) is 4.79 Å². The summed E-state index contributed by atoms with van der Waals surface area (Å²) in [6.07, 6.45) is 0. The Bertz CT molecular complexity index is 810. The molecule has 0 atom stereocenters. The highest BCUT2D eigenvalue weighted by atomic mass is 35.5. The molecule has 8 heteroatoms. The van der Waals surface area contributed by atoms with E-state index in [-0.39, 0.29) is 12.2 Å². The molecule has 0 aliphatic rings. The first-order valence-corrected chi connectivity index (χ1v) is 7.34. The van der Waals surface area contributed by atoms with Gasteiger partial charge in [0.15, 0.2) is 0 Å². The molecule has 6 nitrogen and oxygen atoms in total. The normalized spacial score (nSPS) is 10.8. The van der Waals surface area contributed by atoms with Crippen LogP contribution in [0, 0.1) is 0 Å². The van der Waals surface area contributed by atoms with Crippen LogP contribution < -0.4 is 10.4 Å². The van der Waals surface area contributed by atoms with Gasteiger partial charge in [-0.1, -0.05) is 11.6 Å². The van der Waals surface area contributed by atoms with Crippen LogP contribution in [-0.2, 0) is 6.54 Å². The molecule has 0 aliphatic heterocycles. The average molecular weight is 323 g/mol. The van der Waals surface area contributed by atoms with Crippen LogP contribution in [0.2, 0.25) is 5.02 Å². The van der Waals surface area contributed by atoms with Crippen LogP contribution in [0.25, 0.3) is 5.00 Å². The van der Waals surface area contributed by atoms with Gasteiger partial charge in [0.05, 0.1) is 13.7 Å². The van der Waals surface area contributed by atoms with Crippen LogP contribution in [0.5, 0.6) is 5.75 Å². The SMILES string of the molecule is COc1ccc(Cl)cc1Cn1nnn(-c2cccs2)c1=O. The molecule has 0 fully saturated rings. The van der Waals surface area contributed by atoms with Gasteiger partial charge in [-0.3, -0.25) is 0 Å². The summed E-state index contributed by atoms with van der Waals surface area (Å²) >= 11 is 7.40. The summed E-state index contributed by atoms with van der Waals surface area (Å²) in [5, 5.41) is 11.0. The lowest BCUT2D eigenvalue weighted by Gasteiger charge is -2.07. The summed E-state index contributed by atoms with van der Waals surface area (Å²) in [4.78, 5) is 12.3. The third-order valence-corrected chi connectivity index (χ3v) is 4.00. The summed E-state index contributed by atoms with van der Waals surface area (Å²) in [7, 11) is 1.57. The van der Waals surface area contributed by atoms with Crippen molar-refractivity contribution < 1.29 is 4.74 Å². The number of hydrogen-bond acceptors (Lipinski definition) is 5. The van der Waals surface area contributed by atoms with Gasteiger partial charge in [0.2, 0.25) is 0 Å². The molecule has 0 aliphatic carbocycles. The van der Waals surface area contributed by atoms with Crippen LogP contribution in [0.15, 0.2) is 40.5 Å². The molecule has 0 amide bonds. The minimum absolute atomic E-state index is 0.244. The Morgan fingerprint density at radius 3 is 2.90 bits per heavy atom. The number of benzene rings is 1. The molecule has 0 saturated carbocycles. The summed E-state index contributed by atoms with van der Waals surface area (Å²) < 4.78 is 7.80. The maximum absolute atomic E-state index is 12.3. The Morgan fingerprint density at radius 1 is 1.33 bits per heavy atom. The van der Waals surface area contributed by atoms with Crippen LogP contribution in [0.1, 0.15) is 5.56 Å². The number of halogens is 1. The molecule has 21 heavy (non-hydrogen) atoms. The molecule has 3 aromatic rings. The second kappa shape index (κ2) is 5.71. The first-order valence-electron chi connectivity index (χ1n) is 6.08. The second-order valence-electron chi connectivity index (χ2n) is 4.24. The topological polar surface area (TPSA) is 61.9 Å². The lowest BCUT2D eigenvalue weighted by atomic mass is 10.2. The average Bonchev–Trinajstić information content (AvgIpc) is 3.10. The third kappa shape index (κ3) is 2.70. The van der Waals surface area contributed by atoms with Crippen molar-refractivity contribution in [3.63, 3.8) is 0 Å². The molecule has 2 aromatic heterocycles. The first-order chi connectivity index (χ1) is 10.2. The zero-order valence-electron chi connectivity index (χ0n) is 11.1. The number of methoxy groups -OCH3 is 1. The van der Waals surface area contributed by atoms with Gasteiger partial charge in [-0.2, -0.15) is 9.36 Å². The highest BCUT2D eigenvalue weighted by Gasteiger charge is 2.12. The molecule has 108 valence electrons. The number of thiophene rings is 1. The Balaban J connectivity index is 1.97. The van der Waals surface area contributed by atoms with Crippen LogP contribution in [0.3, 0.4) is 0 Å². The van der Waals surface area contributed by atoms with Gasteiger partial charge in [-0.05, 0) is 46.1 Å². The Hall–Kier alpha value is -2.12. The van der Waals surface area contributed by atoms with Crippen molar-refractivity contribution in [2.24, 2.45) is 0 Å². The molecule has 0 radical (unpaired) electrons. The summed E-state index contributed by atoms with van der Waals surface area (Å²) in [6.45, 7) is 0.244. The molecule has 3 rings (SSSR count). The zero-order chi connectivity index (χ0) is 14.8. The minimum Gasteiger partial charge on any atom is -0.496 e. The standard InChI is InChI=1S/C13H11ClN4O2S/c1-20-11-5-4-10(14)7-9(11)8-17-13(19)18(16-15-17)12-3-2-6-21-12/h2-7H,8H2,1H3. The van der Waals surface area contributed by atoms with Gasteiger partial charge in [0.1, 0.15) is 10.8 Å². The van der Waals surface area contributed by atoms with Gasteiger partial charge in [-0.15, -0.1) is 11.3 Å². The first kappa shape index (κ1) is 13.8. The number of hydrogen-bond donors (Lipinski definition) is 0. The maximum atomic E-state index is 12.3. The molecule has 0 saturated heterocycles. The highest BCUT2D eigenvalue weighted by Crippen LogP contribution is 2.23. The highest BCUT2D eigenvalue weighted by molar-refractivity contribution is 7.12. The summed E-state index contributed by atoms with van der Waals surface area (Å²) in [5.74, 6) is 0.650. The van der Waals surface area contributed by atoms with Gasteiger partial charge in [0, 0.05) is 10.6 Å². The molecule has 0 bridgehead atoms. The van der Waals surface area contributed by atoms with Crippen molar-refractivity contribution >= 4 is 22.9 Å². The molecular weight excluding hydrogens is 312 g/mol. The molecular formula is C13H11ClN4O2S. The van der Waals surface area contributed by atoms with Crippen molar-refractivity contribution in [3.05, 3.63) is 56.8 Å². The van der Waals surface area contributed by atoms with Crippen molar-refractivity contribution in [3.8, 4) is 10.8 Å². The zero-order valence-corrected chi connectivity index (χ0v) is 12.6. The van der Waals surface area contributed by atoms with E-state index >= 15 is 0 Å². The fourth-order valence-corrected chi connectivity index (χ4v) is 2.80. The number of nitrogens with zero attached hydrogens (tertiary/aromatic N) is 4. The largest absolute Gasteiger partial charge is 0.496 e. The van der Waals surface area contributed by atoms with Crippen molar-refractivity contribution in [2.75, 3.05) is 7.11 Å². The number of rotatable bonds is 4. The van der Waals surface area contributed by atoms with Crippen molar-refractivity contribution in [1.29, 1.82) is 0 Å². The molecule has 1 aromatic carbocycles. The van der Waals surface area contributed by atoms with E-state index in [1.54, 1.807) is 25.3 Å². The minimum atomic E-state index is -0.306. The Morgan fingerprint density at radius 2 is 2.19 bits per heavy atom. The summed E-state index contributed by atoms with van der Waals surface area (Å²) in [6, 6.07) is 8.90. The van der Waals surface area contributed by atoms with Crippen LogP contribution >= 0.6 is 22.9 Å². The van der Waals surface area contributed by atoms with E-state index in [1.165, 1.54) is 20.7 Å². The summed E-state index contributed by atoms with van der Waals surface area (Å²) in [5.41, 5.74) is 0.463. The van der Waals surface area contributed by atoms with E-state index in [9.17, 15) is 4.79 Å². The van der Waals surface area contributed by atoms with Crippen LogP contribution in [-0.4, -0.2) is 26.9 Å². The van der Waals surface area contributed by atoms with Gasteiger partial charge >= 0.3 is 5.69 Å². The predicted octanol–water partition coefficient (Wildman–Crippen LogP) is 2.20. The lowest BCUT2D eigenvalue weighted by Crippen LogP contribution is -2.24. The van der Waals surface area contributed by atoms with Crippen molar-refractivity contribution in [2.45, 2.75) is 6.54 Å². The number of tetrazole rings is 1. The van der Waals surface area contributed by atoms with E-state index in [4.69, 9.17) is 16.3 Å². The molecule has 0 N–H and O–H groups in total. The van der Waals surface area contributed by atoms with Crippen LogP contribution in [0.4, 0.5) is 0 Å². The van der Waals surface area contributed by atoms with Gasteiger partial charge < -0.3 is 4.74 Å². The Kier molecular flexibility index (Phi) is 3.76. The fourth-order valence-electron chi connectivity index (χ4n) is 1.93. The van der Waals surface area contributed by atoms with E-state index in [1.807, 2.05) is 17.5 Å².